The first kappa shape index (κ1) is 15.5. The van der Waals surface area contributed by atoms with Crippen molar-refractivity contribution in [1.29, 1.82) is 0 Å². The molecule has 1 aliphatic rings. The van der Waals surface area contributed by atoms with Crippen LogP contribution < -0.4 is 10.1 Å². The van der Waals surface area contributed by atoms with Crippen molar-refractivity contribution in [2.75, 3.05) is 33.3 Å². The molecule has 0 radical (unpaired) electrons. The first-order valence-electron chi connectivity index (χ1n) is 7.26. The number of ether oxygens (including phenoxy) is 1. The summed E-state index contributed by atoms with van der Waals surface area (Å²) in [5, 5.41) is 3.14. The third-order valence-corrected chi connectivity index (χ3v) is 3.73. The van der Waals surface area contributed by atoms with Crippen molar-refractivity contribution >= 4 is 11.7 Å². The zero-order chi connectivity index (χ0) is 15.2. The van der Waals surface area contributed by atoms with Crippen molar-refractivity contribution in [1.82, 2.24) is 10.2 Å². The maximum atomic E-state index is 12.1. The smallest absolute Gasteiger partial charge is 0.260 e. The van der Waals surface area contributed by atoms with Crippen molar-refractivity contribution in [3.63, 3.8) is 0 Å². The fraction of sp³-hybridized carbons (Fsp3) is 0.500. The highest BCUT2D eigenvalue weighted by atomic mass is 16.5. The monoisotopic (exact) mass is 290 g/mol. The molecule has 0 aromatic heterocycles. The predicted octanol–water partition coefficient (Wildman–Crippen LogP) is 1.34. The number of carbonyl (C=O) groups excluding carboxylic acids is 2. The average molecular weight is 290 g/mol. The van der Waals surface area contributed by atoms with Crippen LogP contribution in [0.25, 0.3) is 0 Å². The summed E-state index contributed by atoms with van der Waals surface area (Å²) in [5.41, 5.74) is 0.593. The zero-order valence-corrected chi connectivity index (χ0v) is 12.6. The van der Waals surface area contributed by atoms with Gasteiger partial charge in [0.25, 0.3) is 5.91 Å². The molecule has 5 nitrogen and oxygen atoms in total. The van der Waals surface area contributed by atoms with Crippen LogP contribution in [0.1, 0.15) is 23.7 Å². The maximum Gasteiger partial charge on any atom is 0.260 e. The van der Waals surface area contributed by atoms with Gasteiger partial charge in [0.15, 0.2) is 12.4 Å². The van der Waals surface area contributed by atoms with E-state index in [0.717, 1.165) is 26.1 Å². The van der Waals surface area contributed by atoms with Gasteiger partial charge in [-0.1, -0.05) is 12.1 Å². The third kappa shape index (κ3) is 4.29. The van der Waals surface area contributed by atoms with Gasteiger partial charge in [-0.2, -0.15) is 0 Å². The van der Waals surface area contributed by atoms with Crippen molar-refractivity contribution in [3.05, 3.63) is 29.8 Å². The largest absolute Gasteiger partial charge is 0.484 e. The molecule has 0 bridgehead atoms. The minimum absolute atomic E-state index is 0.00170. The van der Waals surface area contributed by atoms with Gasteiger partial charge >= 0.3 is 0 Å². The van der Waals surface area contributed by atoms with E-state index in [0.29, 0.717) is 17.2 Å². The van der Waals surface area contributed by atoms with Crippen molar-refractivity contribution in [3.8, 4) is 5.75 Å². The van der Waals surface area contributed by atoms with E-state index >= 15 is 0 Å². The average Bonchev–Trinajstić information content (AvgIpc) is 2.94. The molecular weight excluding hydrogens is 268 g/mol. The summed E-state index contributed by atoms with van der Waals surface area (Å²) in [5.74, 6) is 1.07. The molecule has 21 heavy (non-hydrogen) atoms. The van der Waals surface area contributed by atoms with E-state index in [2.05, 4.69) is 5.32 Å². The van der Waals surface area contributed by atoms with Gasteiger partial charge in [-0.05, 0) is 45.0 Å². The van der Waals surface area contributed by atoms with Gasteiger partial charge in [0.05, 0.1) is 0 Å². The van der Waals surface area contributed by atoms with E-state index in [1.807, 2.05) is 11.9 Å². The molecule has 1 aromatic carbocycles. The zero-order valence-electron chi connectivity index (χ0n) is 12.6. The SMILES string of the molecule is CNCC1CCN(C(=O)COc2cccc(C(C)=O)c2)C1. The molecule has 1 heterocycles. The third-order valence-electron chi connectivity index (χ3n) is 3.73. The lowest BCUT2D eigenvalue weighted by Crippen LogP contribution is -2.34. The summed E-state index contributed by atoms with van der Waals surface area (Å²) in [6.07, 6.45) is 1.03. The molecule has 0 aliphatic carbocycles. The number of rotatable bonds is 6. The van der Waals surface area contributed by atoms with E-state index < -0.39 is 0 Å². The van der Waals surface area contributed by atoms with Gasteiger partial charge in [-0.3, -0.25) is 9.59 Å². The molecule has 1 aliphatic heterocycles. The van der Waals surface area contributed by atoms with Crippen molar-refractivity contribution < 1.29 is 14.3 Å². The van der Waals surface area contributed by atoms with Crippen molar-refractivity contribution in [2.45, 2.75) is 13.3 Å². The predicted molar refractivity (Wildman–Crippen MR) is 80.6 cm³/mol. The van der Waals surface area contributed by atoms with Gasteiger partial charge in [-0.15, -0.1) is 0 Å². The molecule has 114 valence electrons. The molecule has 1 aromatic rings. The molecule has 5 heteroatoms. The van der Waals surface area contributed by atoms with Crippen LogP contribution in [0.15, 0.2) is 24.3 Å². The Morgan fingerprint density at radius 3 is 2.95 bits per heavy atom. The fourth-order valence-corrected chi connectivity index (χ4v) is 2.56. The lowest BCUT2D eigenvalue weighted by molar-refractivity contribution is -0.132. The lowest BCUT2D eigenvalue weighted by Gasteiger charge is -2.17. The number of likely N-dealkylation sites (tertiary alicyclic amines) is 1. The van der Waals surface area contributed by atoms with E-state index in [1.54, 1.807) is 24.3 Å². The van der Waals surface area contributed by atoms with Crippen LogP contribution in [0.3, 0.4) is 0 Å². The van der Waals surface area contributed by atoms with Gasteiger partial charge in [-0.25, -0.2) is 0 Å². The van der Waals surface area contributed by atoms with Crippen LogP contribution in [-0.2, 0) is 4.79 Å². The van der Waals surface area contributed by atoms with Gasteiger partial charge in [0, 0.05) is 18.7 Å². The Kier molecular flexibility index (Phi) is 5.33. The number of nitrogens with one attached hydrogen (secondary N) is 1. The Bertz CT molecular complexity index is 516. The molecule has 0 saturated carbocycles. The first-order chi connectivity index (χ1) is 10.1. The quantitative estimate of drug-likeness (QED) is 0.803. The number of hydrogen-bond acceptors (Lipinski definition) is 4. The first-order valence-corrected chi connectivity index (χ1v) is 7.26. The maximum absolute atomic E-state index is 12.1. The van der Waals surface area contributed by atoms with Crippen LogP contribution in [0, 0.1) is 5.92 Å². The highest BCUT2D eigenvalue weighted by Gasteiger charge is 2.25. The Hall–Kier alpha value is -1.88. The van der Waals surface area contributed by atoms with E-state index in [1.165, 1.54) is 6.92 Å². The molecule has 1 saturated heterocycles. The number of ketones is 1. The molecule has 1 amide bonds. The summed E-state index contributed by atoms with van der Waals surface area (Å²) >= 11 is 0. The summed E-state index contributed by atoms with van der Waals surface area (Å²) in [4.78, 5) is 25.3. The number of hydrogen-bond donors (Lipinski definition) is 1. The normalized spacial score (nSPS) is 17.8. The topological polar surface area (TPSA) is 58.6 Å². The Morgan fingerprint density at radius 1 is 1.43 bits per heavy atom. The fourth-order valence-electron chi connectivity index (χ4n) is 2.56. The number of benzene rings is 1. The molecular formula is C16H22N2O3. The molecule has 0 spiro atoms. The van der Waals surface area contributed by atoms with Gasteiger partial charge in [0.2, 0.25) is 0 Å². The Morgan fingerprint density at radius 2 is 2.24 bits per heavy atom. The van der Waals surface area contributed by atoms with Crippen LogP contribution in [0.5, 0.6) is 5.75 Å². The second-order valence-electron chi connectivity index (χ2n) is 5.42. The van der Waals surface area contributed by atoms with Gasteiger partial charge < -0.3 is 15.0 Å². The van der Waals surface area contributed by atoms with Crippen LogP contribution in [0.4, 0.5) is 0 Å². The minimum atomic E-state index is -0.0128. The lowest BCUT2D eigenvalue weighted by atomic mass is 10.1. The molecule has 1 fully saturated rings. The molecule has 2 rings (SSSR count). The number of Topliss-reactive ketones (excluding diaryl/α,β-unsaturated/α-hetero) is 1. The number of nitrogens with zero attached hydrogens (tertiary/aromatic N) is 1. The number of carbonyl (C=O) groups is 2. The minimum Gasteiger partial charge on any atom is -0.484 e. The molecule has 1 N–H and O–H groups in total. The van der Waals surface area contributed by atoms with E-state index in [4.69, 9.17) is 4.74 Å². The molecule has 1 atom stereocenters. The molecule has 1 unspecified atom stereocenters. The van der Waals surface area contributed by atoms with Gasteiger partial charge in [0.1, 0.15) is 5.75 Å². The highest BCUT2D eigenvalue weighted by molar-refractivity contribution is 5.94. The van der Waals surface area contributed by atoms with Crippen LogP contribution in [-0.4, -0.2) is 49.9 Å². The second-order valence-corrected chi connectivity index (χ2v) is 5.42. The standard InChI is InChI=1S/C16H22N2O3/c1-12(19)14-4-3-5-15(8-14)21-11-16(20)18-7-6-13(10-18)9-17-2/h3-5,8,13,17H,6-7,9-11H2,1-2H3. The van der Waals surface area contributed by atoms with Crippen LogP contribution >= 0.6 is 0 Å². The second kappa shape index (κ2) is 7.22. The number of amides is 1. The Balaban J connectivity index is 1.84. The Labute approximate surface area is 125 Å². The summed E-state index contributed by atoms with van der Waals surface area (Å²) in [6, 6.07) is 6.92. The summed E-state index contributed by atoms with van der Waals surface area (Å²) in [6.45, 7) is 4.05. The summed E-state index contributed by atoms with van der Waals surface area (Å²) in [7, 11) is 1.93. The van der Waals surface area contributed by atoms with E-state index in [-0.39, 0.29) is 18.3 Å². The highest BCUT2D eigenvalue weighted by Crippen LogP contribution is 2.17. The van der Waals surface area contributed by atoms with E-state index in [9.17, 15) is 9.59 Å². The van der Waals surface area contributed by atoms with Crippen LogP contribution in [0.2, 0.25) is 0 Å². The van der Waals surface area contributed by atoms with Crippen molar-refractivity contribution in [2.24, 2.45) is 5.92 Å². The summed E-state index contributed by atoms with van der Waals surface area (Å²) < 4.78 is 5.51.